The van der Waals surface area contributed by atoms with Crippen molar-refractivity contribution in [1.82, 2.24) is 0 Å². The van der Waals surface area contributed by atoms with E-state index in [-0.39, 0.29) is 5.69 Å². The van der Waals surface area contributed by atoms with Crippen molar-refractivity contribution in [2.45, 2.75) is 16.0 Å². The van der Waals surface area contributed by atoms with Gasteiger partial charge in [0, 0.05) is 15.5 Å². The van der Waals surface area contributed by atoms with E-state index in [1.165, 1.54) is 36.4 Å². The van der Waals surface area contributed by atoms with E-state index in [1.54, 1.807) is 0 Å². The molecular weight excluding hydrogens is 278 g/mol. The van der Waals surface area contributed by atoms with E-state index < -0.39 is 17.6 Å². The standard InChI is InChI=1S/C13H9F4NS/c14-8-1-3-9(4-2-8)19-10-5-6-12(18)11(7-10)13(15,16)17/h1-7H,18H2. The van der Waals surface area contributed by atoms with Crippen LogP contribution in [0.2, 0.25) is 0 Å². The van der Waals surface area contributed by atoms with Crippen LogP contribution in [0, 0.1) is 5.82 Å². The zero-order chi connectivity index (χ0) is 14.0. The van der Waals surface area contributed by atoms with Crippen LogP contribution in [0.5, 0.6) is 0 Å². The fourth-order valence-electron chi connectivity index (χ4n) is 1.48. The van der Waals surface area contributed by atoms with Gasteiger partial charge in [-0.2, -0.15) is 13.2 Å². The van der Waals surface area contributed by atoms with Crippen LogP contribution >= 0.6 is 11.8 Å². The SMILES string of the molecule is Nc1ccc(Sc2ccc(F)cc2)cc1C(F)(F)F. The average molecular weight is 287 g/mol. The molecule has 0 unspecified atom stereocenters. The van der Waals surface area contributed by atoms with Crippen LogP contribution in [0.25, 0.3) is 0 Å². The molecule has 0 bridgehead atoms. The number of anilines is 1. The molecule has 0 atom stereocenters. The molecule has 0 spiro atoms. The molecule has 0 saturated carbocycles. The number of benzene rings is 2. The molecule has 0 amide bonds. The van der Waals surface area contributed by atoms with Gasteiger partial charge in [0.25, 0.3) is 0 Å². The molecule has 0 heterocycles. The van der Waals surface area contributed by atoms with Crippen molar-refractivity contribution in [2.24, 2.45) is 0 Å². The Morgan fingerprint density at radius 1 is 0.895 bits per heavy atom. The van der Waals surface area contributed by atoms with Crippen LogP contribution in [0.1, 0.15) is 5.56 Å². The minimum atomic E-state index is -4.48. The van der Waals surface area contributed by atoms with E-state index in [9.17, 15) is 17.6 Å². The van der Waals surface area contributed by atoms with Crippen LogP contribution < -0.4 is 5.73 Å². The minimum absolute atomic E-state index is 0.309. The van der Waals surface area contributed by atoms with Gasteiger partial charge in [-0.1, -0.05) is 11.8 Å². The van der Waals surface area contributed by atoms with Crippen LogP contribution in [-0.4, -0.2) is 0 Å². The molecule has 0 aromatic heterocycles. The van der Waals surface area contributed by atoms with Crippen molar-refractivity contribution in [3.8, 4) is 0 Å². The third kappa shape index (κ3) is 3.41. The van der Waals surface area contributed by atoms with Gasteiger partial charge in [-0.05, 0) is 42.5 Å². The number of alkyl halides is 3. The van der Waals surface area contributed by atoms with Gasteiger partial charge >= 0.3 is 6.18 Å². The maximum atomic E-state index is 12.7. The highest BCUT2D eigenvalue weighted by atomic mass is 32.2. The molecule has 0 saturated heterocycles. The minimum Gasteiger partial charge on any atom is -0.398 e. The van der Waals surface area contributed by atoms with E-state index in [2.05, 4.69) is 0 Å². The highest BCUT2D eigenvalue weighted by Crippen LogP contribution is 2.37. The maximum Gasteiger partial charge on any atom is 0.418 e. The summed E-state index contributed by atoms with van der Waals surface area (Å²) in [5.74, 6) is -0.391. The first-order valence-corrected chi connectivity index (χ1v) is 6.08. The van der Waals surface area contributed by atoms with Gasteiger partial charge in [0.1, 0.15) is 5.82 Å². The summed E-state index contributed by atoms with van der Waals surface area (Å²) in [6.45, 7) is 0. The Hall–Kier alpha value is -1.69. The largest absolute Gasteiger partial charge is 0.418 e. The van der Waals surface area contributed by atoms with Gasteiger partial charge in [0.15, 0.2) is 0 Å². The van der Waals surface area contributed by atoms with Crippen molar-refractivity contribution >= 4 is 17.4 Å². The Labute approximate surface area is 111 Å². The van der Waals surface area contributed by atoms with E-state index in [0.717, 1.165) is 17.8 Å². The fourth-order valence-corrected chi connectivity index (χ4v) is 2.34. The molecule has 6 heteroatoms. The van der Waals surface area contributed by atoms with E-state index in [4.69, 9.17) is 5.73 Å². The van der Waals surface area contributed by atoms with Crippen LogP contribution in [0.15, 0.2) is 52.3 Å². The zero-order valence-electron chi connectivity index (χ0n) is 9.54. The van der Waals surface area contributed by atoms with Gasteiger partial charge in [-0.25, -0.2) is 4.39 Å². The van der Waals surface area contributed by atoms with Gasteiger partial charge in [0.2, 0.25) is 0 Å². The Balaban J connectivity index is 2.29. The number of rotatable bonds is 2. The number of halogens is 4. The second-order valence-electron chi connectivity index (χ2n) is 3.80. The first kappa shape index (κ1) is 13.7. The van der Waals surface area contributed by atoms with Crippen LogP contribution in [0.3, 0.4) is 0 Å². The molecule has 1 nitrogen and oxygen atoms in total. The molecule has 2 N–H and O–H groups in total. The van der Waals surface area contributed by atoms with Crippen molar-refractivity contribution in [3.05, 3.63) is 53.8 Å². The summed E-state index contributed by atoms with van der Waals surface area (Å²) in [5.41, 5.74) is 4.14. The van der Waals surface area contributed by atoms with Gasteiger partial charge in [-0.15, -0.1) is 0 Å². The molecule has 0 aliphatic rings. The number of hydrogen-bond donors (Lipinski definition) is 1. The van der Waals surface area contributed by atoms with Crippen LogP contribution in [0.4, 0.5) is 23.2 Å². The van der Waals surface area contributed by atoms with Crippen LogP contribution in [-0.2, 0) is 6.18 Å². The summed E-state index contributed by atoms with van der Waals surface area (Å²) < 4.78 is 50.8. The second kappa shape index (κ2) is 5.13. The zero-order valence-corrected chi connectivity index (χ0v) is 10.4. The number of hydrogen-bond acceptors (Lipinski definition) is 2. The van der Waals surface area contributed by atoms with E-state index >= 15 is 0 Å². The van der Waals surface area contributed by atoms with E-state index in [1.807, 2.05) is 0 Å². The molecule has 19 heavy (non-hydrogen) atoms. The summed E-state index contributed by atoms with van der Waals surface area (Å²) in [6.07, 6.45) is -4.48. The highest BCUT2D eigenvalue weighted by molar-refractivity contribution is 7.99. The predicted octanol–water partition coefficient (Wildman–Crippen LogP) is 4.58. The quantitative estimate of drug-likeness (QED) is 0.646. The Bertz CT molecular complexity index is 578. The summed E-state index contributed by atoms with van der Waals surface area (Å²) in [6, 6.07) is 9.22. The summed E-state index contributed by atoms with van der Waals surface area (Å²) in [5, 5.41) is 0. The Morgan fingerprint density at radius 3 is 2.05 bits per heavy atom. The molecule has 0 radical (unpaired) electrons. The lowest BCUT2D eigenvalue weighted by atomic mass is 10.2. The highest BCUT2D eigenvalue weighted by Gasteiger charge is 2.33. The normalized spacial score (nSPS) is 11.6. The first-order valence-electron chi connectivity index (χ1n) is 5.26. The smallest absolute Gasteiger partial charge is 0.398 e. The first-order chi connectivity index (χ1) is 8.86. The number of nitrogen functional groups attached to an aromatic ring is 1. The molecule has 2 rings (SSSR count). The molecular formula is C13H9F4NS. The second-order valence-corrected chi connectivity index (χ2v) is 4.95. The lowest BCUT2D eigenvalue weighted by Gasteiger charge is -2.11. The summed E-state index contributed by atoms with van der Waals surface area (Å²) >= 11 is 1.11. The molecule has 2 aromatic rings. The third-order valence-electron chi connectivity index (χ3n) is 2.38. The molecule has 0 aliphatic carbocycles. The van der Waals surface area contributed by atoms with Gasteiger partial charge < -0.3 is 5.73 Å². The fraction of sp³-hybridized carbons (Fsp3) is 0.0769. The van der Waals surface area contributed by atoms with Crippen molar-refractivity contribution in [3.63, 3.8) is 0 Å². The molecule has 0 fully saturated rings. The lowest BCUT2D eigenvalue weighted by Crippen LogP contribution is -2.08. The Morgan fingerprint density at radius 2 is 1.47 bits per heavy atom. The third-order valence-corrected chi connectivity index (χ3v) is 3.38. The molecule has 0 aliphatic heterocycles. The topological polar surface area (TPSA) is 26.0 Å². The number of nitrogens with two attached hydrogens (primary N) is 1. The predicted molar refractivity (Wildman–Crippen MR) is 66.4 cm³/mol. The summed E-state index contributed by atoms with van der Waals surface area (Å²) in [4.78, 5) is 1.05. The van der Waals surface area contributed by atoms with Crippen molar-refractivity contribution < 1.29 is 17.6 Å². The van der Waals surface area contributed by atoms with Gasteiger partial charge in [-0.3, -0.25) is 0 Å². The van der Waals surface area contributed by atoms with E-state index in [0.29, 0.717) is 9.79 Å². The molecule has 2 aromatic carbocycles. The van der Waals surface area contributed by atoms with Crippen molar-refractivity contribution in [2.75, 3.05) is 5.73 Å². The Kier molecular flexibility index (Phi) is 3.71. The van der Waals surface area contributed by atoms with Gasteiger partial charge in [0.05, 0.1) is 5.56 Å². The average Bonchev–Trinajstić information content (AvgIpc) is 2.33. The maximum absolute atomic E-state index is 12.7. The molecule has 100 valence electrons. The monoisotopic (exact) mass is 287 g/mol. The lowest BCUT2D eigenvalue weighted by molar-refractivity contribution is -0.137. The summed E-state index contributed by atoms with van der Waals surface area (Å²) in [7, 11) is 0. The van der Waals surface area contributed by atoms with Crippen molar-refractivity contribution in [1.29, 1.82) is 0 Å².